The van der Waals surface area contributed by atoms with Gasteiger partial charge in [0.1, 0.15) is 5.60 Å². The molecule has 1 N–H and O–H groups in total. The topological polar surface area (TPSA) is 51.2 Å². The van der Waals surface area contributed by atoms with Crippen LogP contribution in [-0.2, 0) is 4.74 Å². The van der Waals surface area contributed by atoms with Crippen LogP contribution in [0.4, 0.5) is 4.79 Å². The maximum Gasteiger partial charge on any atom is 0.407 e. The van der Waals surface area contributed by atoms with Crippen LogP contribution in [0.1, 0.15) is 38.4 Å². The molecule has 0 fully saturated rings. The smallest absolute Gasteiger partial charge is 0.407 e. The van der Waals surface area contributed by atoms with E-state index in [1.165, 1.54) is 0 Å². The minimum Gasteiger partial charge on any atom is -0.444 e. The van der Waals surface area contributed by atoms with Crippen LogP contribution in [0.15, 0.2) is 18.3 Å². The average molecular weight is 260 g/mol. The largest absolute Gasteiger partial charge is 0.444 e. The van der Waals surface area contributed by atoms with Crippen LogP contribution in [0, 0.1) is 18.8 Å². The van der Waals surface area contributed by atoms with Crippen molar-refractivity contribution in [2.45, 2.75) is 39.7 Å². The lowest BCUT2D eigenvalue weighted by atomic mass is 10.2. The summed E-state index contributed by atoms with van der Waals surface area (Å²) in [7, 11) is 0. The van der Waals surface area contributed by atoms with E-state index in [9.17, 15) is 4.79 Å². The summed E-state index contributed by atoms with van der Waals surface area (Å²) in [5, 5.41) is 2.66. The Kier molecular flexibility index (Phi) is 5.37. The van der Waals surface area contributed by atoms with Crippen LogP contribution >= 0.6 is 0 Å². The van der Waals surface area contributed by atoms with Gasteiger partial charge in [-0.1, -0.05) is 11.8 Å². The molecule has 0 spiro atoms. The highest BCUT2D eigenvalue weighted by Crippen LogP contribution is 2.06. The van der Waals surface area contributed by atoms with Crippen molar-refractivity contribution < 1.29 is 9.53 Å². The van der Waals surface area contributed by atoms with Crippen molar-refractivity contribution in [3.05, 3.63) is 29.6 Å². The first-order chi connectivity index (χ1) is 8.88. The summed E-state index contributed by atoms with van der Waals surface area (Å²) in [5.41, 5.74) is 1.36. The predicted octanol–water partition coefficient (Wildman–Crippen LogP) is 2.66. The Balaban J connectivity index is 2.33. The second kappa shape index (κ2) is 6.79. The molecule has 1 aromatic heterocycles. The molecule has 4 nitrogen and oxygen atoms in total. The fraction of sp³-hybridized carbons (Fsp3) is 0.467. The zero-order valence-corrected chi connectivity index (χ0v) is 11.9. The van der Waals surface area contributed by atoms with Crippen LogP contribution < -0.4 is 5.32 Å². The zero-order chi connectivity index (χ0) is 14.3. The summed E-state index contributed by atoms with van der Waals surface area (Å²) >= 11 is 0. The van der Waals surface area contributed by atoms with Gasteiger partial charge in [0, 0.05) is 24.7 Å². The number of nitrogens with zero attached hydrogens (tertiary/aromatic N) is 1. The van der Waals surface area contributed by atoms with Gasteiger partial charge in [0.25, 0.3) is 0 Å². The van der Waals surface area contributed by atoms with Crippen molar-refractivity contribution in [1.29, 1.82) is 0 Å². The zero-order valence-electron chi connectivity index (χ0n) is 11.9. The van der Waals surface area contributed by atoms with Gasteiger partial charge in [-0.3, -0.25) is 4.98 Å². The van der Waals surface area contributed by atoms with E-state index in [1.54, 1.807) is 6.20 Å². The van der Waals surface area contributed by atoms with E-state index in [4.69, 9.17) is 4.74 Å². The third-order valence-electron chi connectivity index (χ3n) is 2.15. The van der Waals surface area contributed by atoms with Gasteiger partial charge in [-0.2, -0.15) is 0 Å². The minimum atomic E-state index is -0.470. The Morgan fingerprint density at radius 1 is 1.47 bits per heavy atom. The van der Waals surface area contributed by atoms with E-state index >= 15 is 0 Å². The lowest BCUT2D eigenvalue weighted by Gasteiger charge is -2.19. The molecule has 0 radical (unpaired) electrons. The molecule has 1 heterocycles. The number of hydrogen-bond donors (Lipinski definition) is 1. The molecule has 0 bridgehead atoms. The average Bonchev–Trinajstić information content (AvgIpc) is 2.28. The number of rotatable bonds is 2. The van der Waals surface area contributed by atoms with Crippen LogP contribution in [0.5, 0.6) is 0 Å². The molecule has 0 aromatic carbocycles. The molecule has 4 heteroatoms. The van der Waals surface area contributed by atoms with Crippen LogP contribution in [-0.4, -0.2) is 23.2 Å². The van der Waals surface area contributed by atoms with Gasteiger partial charge in [-0.05, 0) is 39.8 Å². The van der Waals surface area contributed by atoms with E-state index in [-0.39, 0.29) is 0 Å². The van der Waals surface area contributed by atoms with Gasteiger partial charge in [-0.25, -0.2) is 4.79 Å². The SMILES string of the molecule is Cc1ncccc1C#CCCNC(=O)OC(C)(C)C. The summed E-state index contributed by atoms with van der Waals surface area (Å²) in [6.07, 6.45) is 1.91. The molecule has 1 aromatic rings. The highest BCUT2D eigenvalue weighted by molar-refractivity contribution is 5.67. The van der Waals surface area contributed by atoms with Crippen molar-refractivity contribution in [2.75, 3.05) is 6.54 Å². The minimum absolute atomic E-state index is 0.410. The van der Waals surface area contributed by atoms with Crippen molar-refractivity contribution in [1.82, 2.24) is 10.3 Å². The molecule has 0 unspecified atom stereocenters. The molecule has 0 saturated heterocycles. The van der Waals surface area contributed by atoms with Crippen molar-refractivity contribution in [3.8, 4) is 11.8 Å². The number of aromatic nitrogens is 1. The van der Waals surface area contributed by atoms with E-state index < -0.39 is 11.7 Å². The molecule has 19 heavy (non-hydrogen) atoms. The van der Waals surface area contributed by atoms with E-state index in [2.05, 4.69) is 22.1 Å². The normalized spacial score (nSPS) is 10.3. The summed E-state index contributed by atoms with van der Waals surface area (Å²) in [5.74, 6) is 6.03. The number of hydrogen-bond acceptors (Lipinski definition) is 3. The molecule has 102 valence electrons. The van der Waals surface area contributed by atoms with Crippen molar-refractivity contribution in [2.24, 2.45) is 0 Å². The number of amides is 1. The first kappa shape index (κ1) is 15.0. The Bertz CT molecular complexity index is 493. The second-order valence-electron chi connectivity index (χ2n) is 5.12. The van der Waals surface area contributed by atoms with Crippen LogP contribution in [0.25, 0.3) is 0 Å². The van der Waals surface area contributed by atoms with Crippen molar-refractivity contribution in [3.63, 3.8) is 0 Å². The second-order valence-corrected chi connectivity index (χ2v) is 5.12. The summed E-state index contributed by atoms with van der Waals surface area (Å²) in [4.78, 5) is 15.5. The van der Waals surface area contributed by atoms with Crippen molar-refractivity contribution >= 4 is 6.09 Å². The van der Waals surface area contributed by atoms with E-state index in [0.717, 1.165) is 11.3 Å². The molecule has 1 rings (SSSR count). The number of nitrogens with one attached hydrogen (secondary N) is 1. The molecule has 0 atom stereocenters. The Labute approximate surface area is 114 Å². The number of ether oxygens (including phenoxy) is 1. The molecule has 0 saturated carbocycles. The van der Waals surface area contributed by atoms with Gasteiger partial charge in [-0.15, -0.1) is 0 Å². The molecular formula is C15H20N2O2. The monoisotopic (exact) mass is 260 g/mol. The molecule has 1 amide bonds. The lowest BCUT2D eigenvalue weighted by molar-refractivity contribution is 0.0529. The third kappa shape index (κ3) is 6.46. The highest BCUT2D eigenvalue weighted by Gasteiger charge is 2.15. The predicted molar refractivity (Wildman–Crippen MR) is 74.7 cm³/mol. The standard InChI is InChI=1S/C15H20N2O2/c1-12-13(9-7-11-16-12)8-5-6-10-17-14(18)19-15(2,3)4/h7,9,11H,6,10H2,1-4H3,(H,17,18). The Morgan fingerprint density at radius 2 is 2.21 bits per heavy atom. The lowest BCUT2D eigenvalue weighted by Crippen LogP contribution is -2.32. The summed E-state index contributed by atoms with van der Waals surface area (Å²) in [6, 6.07) is 3.78. The molecule has 0 aliphatic rings. The summed E-state index contributed by atoms with van der Waals surface area (Å²) in [6.45, 7) is 7.89. The van der Waals surface area contributed by atoms with Gasteiger partial charge >= 0.3 is 6.09 Å². The van der Waals surface area contributed by atoms with Crippen LogP contribution in [0.3, 0.4) is 0 Å². The first-order valence-corrected chi connectivity index (χ1v) is 6.26. The highest BCUT2D eigenvalue weighted by atomic mass is 16.6. The van der Waals surface area contributed by atoms with Crippen LogP contribution in [0.2, 0.25) is 0 Å². The fourth-order valence-electron chi connectivity index (χ4n) is 1.32. The number of aryl methyl sites for hydroxylation is 1. The number of carbonyl (C=O) groups excluding carboxylic acids is 1. The Morgan fingerprint density at radius 3 is 2.84 bits per heavy atom. The van der Waals surface area contributed by atoms with E-state index in [0.29, 0.717) is 13.0 Å². The number of carbonyl (C=O) groups is 1. The maximum absolute atomic E-state index is 11.4. The summed E-state index contributed by atoms with van der Waals surface area (Å²) < 4.78 is 5.11. The molecule has 0 aliphatic heterocycles. The Hall–Kier alpha value is -2.02. The van der Waals surface area contributed by atoms with E-state index in [1.807, 2.05) is 39.8 Å². The van der Waals surface area contributed by atoms with Gasteiger partial charge in [0.15, 0.2) is 0 Å². The molecule has 0 aliphatic carbocycles. The van der Waals surface area contributed by atoms with Gasteiger partial charge < -0.3 is 10.1 Å². The van der Waals surface area contributed by atoms with Gasteiger partial charge in [0.2, 0.25) is 0 Å². The maximum atomic E-state index is 11.4. The first-order valence-electron chi connectivity index (χ1n) is 6.26. The third-order valence-corrected chi connectivity index (χ3v) is 2.15. The molecular weight excluding hydrogens is 240 g/mol. The number of pyridine rings is 1. The fourth-order valence-corrected chi connectivity index (χ4v) is 1.32. The number of alkyl carbamates (subject to hydrolysis) is 1. The quantitative estimate of drug-likeness (QED) is 0.657. The van der Waals surface area contributed by atoms with Gasteiger partial charge in [0.05, 0.1) is 5.69 Å².